The fourth-order valence-electron chi connectivity index (χ4n) is 7.41. The second-order valence-electron chi connectivity index (χ2n) is 13.6. The monoisotopic (exact) mass is 719 g/mol. The molecule has 0 aliphatic heterocycles. The third-order valence-electron chi connectivity index (χ3n) is 10.1. The van der Waals surface area contributed by atoms with Crippen LogP contribution in [0.1, 0.15) is 0 Å². The maximum absolute atomic E-state index is 5.20. The molecule has 0 saturated heterocycles. The molecule has 2 heterocycles. The third kappa shape index (κ3) is 6.39. The van der Waals surface area contributed by atoms with E-state index in [1.807, 2.05) is 18.2 Å². The molecule has 0 atom stereocenters. The minimum Gasteiger partial charge on any atom is -0.208 e. The summed E-state index contributed by atoms with van der Waals surface area (Å²) < 4.78 is 2.47. The predicted octanol–water partition coefficient (Wildman–Crippen LogP) is 13.9. The molecule has 0 fully saturated rings. The van der Waals surface area contributed by atoms with Crippen LogP contribution >= 0.6 is 11.3 Å². The number of benzene rings is 8. The average molecular weight is 720 g/mol. The van der Waals surface area contributed by atoms with Gasteiger partial charge in [-0.05, 0) is 87.0 Å². The van der Waals surface area contributed by atoms with E-state index in [1.54, 1.807) is 11.3 Å². The summed E-state index contributed by atoms with van der Waals surface area (Å²) in [5.74, 6) is 1.96. The molecule has 0 unspecified atom stereocenters. The predicted molar refractivity (Wildman–Crippen MR) is 231 cm³/mol. The zero-order chi connectivity index (χ0) is 36.6. The lowest BCUT2D eigenvalue weighted by molar-refractivity contribution is 1.08. The minimum atomic E-state index is 0.640. The number of nitrogens with zero attached hydrogens (tertiary/aromatic N) is 3. The van der Waals surface area contributed by atoms with Crippen molar-refractivity contribution < 1.29 is 0 Å². The third-order valence-corrected chi connectivity index (χ3v) is 11.2. The first-order valence-corrected chi connectivity index (χ1v) is 19.2. The molecule has 0 amide bonds. The molecule has 3 nitrogen and oxygen atoms in total. The molecule has 10 rings (SSSR count). The smallest absolute Gasteiger partial charge is 0.164 e. The Kier molecular flexibility index (Phi) is 8.36. The zero-order valence-electron chi connectivity index (χ0n) is 29.8. The van der Waals surface area contributed by atoms with E-state index in [-0.39, 0.29) is 0 Å². The van der Waals surface area contributed by atoms with E-state index in [1.165, 1.54) is 48.0 Å². The Hall–Kier alpha value is -7.01. The van der Waals surface area contributed by atoms with E-state index < -0.39 is 0 Å². The Labute approximate surface area is 323 Å². The number of fused-ring (bicyclic) bond motifs is 3. The quantitative estimate of drug-likeness (QED) is 0.165. The van der Waals surface area contributed by atoms with Crippen molar-refractivity contribution in [2.24, 2.45) is 0 Å². The molecular weight excluding hydrogens is 687 g/mol. The number of hydrogen-bond acceptors (Lipinski definition) is 4. The summed E-state index contributed by atoms with van der Waals surface area (Å²) in [6.45, 7) is 0. The van der Waals surface area contributed by atoms with E-state index in [0.717, 1.165) is 33.4 Å². The highest BCUT2D eigenvalue weighted by Crippen LogP contribution is 2.40. The summed E-state index contributed by atoms with van der Waals surface area (Å²) in [5.41, 5.74) is 12.2. The Bertz CT molecular complexity index is 2910. The lowest BCUT2D eigenvalue weighted by Crippen LogP contribution is -2.00. The lowest BCUT2D eigenvalue weighted by Gasteiger charge is -2.13. The summed E-state index contributed by atoms with van der Waals surface area (Å²) in [4.78, 5) is 15.4. The van der Waals surface area contributed by atoms with Gasteiger partial charge in [-0.1, -0.05) is 158 Å². The largest absolute Gasteiger partial charge is 0.208 e. The topological polar surface area (TPSA) is 38.7 Å². The van der Waals surface area contributed by atoms with E-state index in [0.29, 0.717) is 17.5 Å². The van der Waals surface area contributed by atoms with Crippen molar-refractivity contribution in [3.05, 3.63) is 200 Å². The van der Waals surface area contributed by atoms with Gasteiger partial charge in [-0.25, -0.2) is 15.0 Å². The van der Waals surface area contributed by atoms with E-state index >= 15 is 0 Å². The van der Waals surface area contributed by atoms with Crippen molar-refractivity contribution >= 4 is 31.5 Å². The van der Waals surface area contributed by atoms with Gasteiger partial charge in [0.25, 0.3) is 0 Å². The molecule has 0 saturated carbocycles. The highest BCUT2D eigenvalue weighted by molar-refractivity contribution is 7.25. The number of rotatable bonds is 7. The molecule has 0 bridgehead atoms. The van der Waals surface area contributed by atoms with Gasteiger partial charge in [-0.3, -0.25) is 0 Å². The van der Waals surface area contributed by atoms with Gasteiger partial charge < -0.3 is 0 Å². The van der Waals surface area contributed by atoms with Gasteiger partial charge >= 0.3 is 0 Å². The van der Waals surface area contributed by atoms with Crippen LogP contribution < -0.4 is 0 Å². The van der Waals surface area contributed by atoms with Crippen LogP contribution in [0.5, 0.6) is 0 Å². The van der Waals surface area contributed by atoms with Gasteiger partial charge in [0.15, 0.2) is 17.5 Å². The maximum atomic E-state index is 5.20. The van der Waals surface area contributed by atoms with Crippen molar-refractivity contribution in [3.8, 4) is 78.7 Å². The van der Waals surface area contributed by atoms with Crippen molar-refractivity contribution in [1.82, 2.24) is 15.0 Å². The first-order chi connectivity index (χ1) is 27.2. The van der Waals surface area contributed by atoms with Crippen LogP contribution in [-0.2, 0) is 0 Å². The van der Waals surface area contributed by atoms with E-state index in [9.17, 15) is 0 Å². The van der Waals surface area contributed by atoms with Gasteiger partial charge in [0.05, 0.1) is 0 Å². The second-order valence-corrected chi connectivity index (χ2v) is 14.7. The van der Waals surface area contributed by atoms with Crippen molar-refractivity contribution in [3.63, 3.8) is 0 Å². The molecule has 0 spiro atoms. The van der Waals surface area contributed by atoms with Gasteiger partial charge in [0.1, 0.15) is 0 Å². The summed E-state index contributed by atoms with van der Waals surface area (Å²) >= 11 is 1.80. The zero-order valence-corrected chi connectivity index (χ0v) is 30.6. The Morgan fingerprint density at radius 2 is 0.673 bits per heavy atom. The molecule has 258 valence electrons. The fraction of sp³-hybridized carbons (Fsp3) is 0. The van der Waals surface area contributed by atoms with Crippen LogP contribution in [0.4, 0.5) is 0 Å². The second kappa shape index (κ2) is 14.1. The maximum Gasteiger partial charge on any atom is 0.164 e. The van der Waals surface area contributed by atoms with Crippen LogP contribution in [0.15, 0.2) is 200 Å². The highest BCUT2D eigenvalue weighted by Gasteiger charge is 2.17. The van der Waals surface area contributed by atoms with Gasteiger partial charge in [0, 0.05) is 36.9 Å². The summed E-state index contributed by atoms with van der Waals surface area (Å²) in [6, 6.07) is 70.6. The normalized spacial score (nSPS) is 11.3. The van der Waals surface area contributed by atoms with Gasteiger partial charge in [-0.15, -0.1) is 11.3 Å². The number of hydrogen-bond donors (Lipinski definition) is 0. The van der Waals surface area contributed by atoms with Crippen LogP contribution in [0.25, 0.3) is 98.8 Å². The standard InChI is InChI=1S/C51H33N3S/c1-4-15-34(16-5-1)41-31-42(35-17-6-2-7-18-35)33-43(32-41)39-23-12-21-37(29-39)38-22-13-24-40(30-38)50-52-49(36-19-8-3-9-20-36)53-51(54-50)45-26-14-28-47-48(45)44-25-10-11-27-46(44)55-47/h1-33H. The molecule has 0 aliphatic rings. The summed E-state index contributed by atoms with van der Waals surface area (Å²) in [5, 5.41) is 2.39. The summed E-state index contributed by atoms with van der Waals surface area (Å²) in [6.07, 6.45) is 0. The van der Waals surface area contributed by atoms with Crippen LogP contribution in [-0.4, -0.2) is 15.0 Å². The van der Waals surface area contributed by atoms with E-state index in [2.05, 4.69) is 182 Å². The Morgan fingerprint density at radius 3 is 1.31 bits per heavy atom. The van der Waals surface area contributed by atoms with Crippen molar-refractivity contribution in [1.29, 1.82) is 0 Å². The lowest BCUT2D eigenvalue weighted by atomic mass is 9.92. The Balaban J connectivity index is 1.08. The molecule has 2 aromatic heterocycles. The number of aromatic nitrogens is 3. The molecule has 10 aromatic rings. The first kappa shape index (κ1) is 32.6. The average Bonchev–Trinajstić information content (AvgIpc) is 3.66. The molecule has 0 N–H and O–H groups in total. The molecule has 0 aliphatic carbocycles. The minimum absolute atomic E-state index is 0.640. The van der Waals surface area contributed by atoms with E-state index in [4.69, 9.17) is 15.0 Å². The van der Waals surface area contributed by atoms with Crippen molar-refractivity contribution in [2.45, 2.75) is 0 Å². The first-order valence-electron chi connectivity index (χ1n) is 18.4. The fourth-order valence-corrected chi connectivity index (χ4v) is 8.54. The summed E-state index contributed by atoms with van der Waals surface area (Å²) in [7, 11) is 0. The highest BCUT2D eigenvalue weighted by atomic mass is 32.1. The molecule has 4 heteroatoms. The van der Waals surface area contributed by atoms with Gasteiger partial charge in [0.2, 0.25) is 0 Å². The molecule has 55 heavy (non-hydrogen) atoms. The molecule has 0 radical (unpaired) electrons. The number of thiophene rings is 1. The van der Waals surface area contributed by atoms with Crippen LogP contribution in [0.2, 0.25) is 0 Å². The SMILES string of the molecule is c1ccc(-c2cc(-c3ccccc3)cc(-c3cccc(-c4cccc(-c5nc(-c6ccccc6)nc(-c6cccc7sc8ccccc8c67)n5)c4)c3)c2)cc1. The molecular formula is C51H33N3S. The molecule has 8 aromatic carbocycles. The van der Waals surface area contributed by atoms with Crippen molar-refractivity contribution in [2.75, 3.05) is 0 Å². The van der Waals surface area contributed by atoms with Crippen LogP contribution in [0, 0.1) is 0 Å². The van der Waals surface area contributed by atoms with Crippen LogP contribution in [0.3, 0.4) is 0 Å². The Morgan fingerprint density at radius 1 is 0.273 bits per heavy atom. The van der Waals surface area contributed by atoms with Gasteiger partial charge in [-0.2, -0.15) is 0 Å².